The molecule has 1 aromatic rings. The number of carbonyl (C=O) groups is 3. The summed E-state index contributed by atoms with van der Waals surface area (Å²) >= 11 is 0. The van der Waals surface area contributed by atoms with Crippen LogP contribution < -0.4 is 5.32 Å². The lowest BCUT2D eigenvalue weighted by molar-refractivity contribution is -0.262. The molecule has 29 heavy (non-hydrogen) atoms. The maximum absolute atomic E-state index is 12.3. The first-order valence-electron chi connectivity index (χ1n) is 9.28. The molecule has 3 amide bonds. The predicted molar refractivity (Wildman–Crippen MR) is 97.7 cm³/mol. The van der Waals surface area contributed by atoms with E-state index >= 15 is 0 Å². The number of hydrogen-bond acceptors (Lipinski definition) is 8. The number of amides is 3. The summed E-state index contributed by atoms with van der Waals surface area (Å²) in [7, 11) is 1.31. The number of nitrogens with one attached hydrogen (secondary N) is 1. The Kier molecular flexibility index (Phi) is 6.60. The second-order valence-corrected chi connectivity index (χ2v) is 6.95. The number of aliphatic hydroxyl groups is 3. The molecule has 0 bridgehead atoms. The van der Waals surface area contributed by atoms with Crippen molar-refractivity contribution in [2.24, 2.45) is 0 Å². The summed E-state index contributed by atoms with van der Waals surface area (Å²) in [5.74, 6) is -1.24. The molecule has 3 rings (SSSR count). The Balaban J connectivity index is 1.53. The molecule has 0 aromatic heterocycles. The molecule has 10 heteroatoms. The van der Waals surface area contributed by atoms with E-state index in [1.165, 1.54) is 7.11 Å². The van der Waals surface area contributed by atoms with Crippen LogP contribution in [0.15, 0.2) is 24.3 Å². The van der Waals surface area contributed by atoms with Crippen molar-refractivity contribution < 1.29 is 39.2 Å². The highest BCUT2D eigenvalue weighted by Gasteiger charge is 2.45. The molecule has 10 nitrogen and oxygen atoms in total. The first kappa shape index (κ1) is 21.3. The zero-order valence-corrected chi connectivity index (χ0v) is 15.9. The molecule has 2 heterocycles. The summed E-state index contributed by atoms with van der Waals surface area (Å²) in [6.07, 6.45) is -4.67. The van der Waals surface area contributed by atoms with Gasteiger partial charge in [-0.05, 0) is 18.6 Å². The van der Waals surface area contributed by atoms with Gasteiger partial charge in [0.05, 0.1) is 17.7 Å². The second kappa shape index (κ2) is 8.97. The van der Waals surface area contributed by atoms with Gasteiger partial charge >= 0.3 is 0 Å². The van der Waals surface area contributed by atoms with Crippen molar-refractivity contribution >= 4 is 17.7 Å². The normalized spacial score (nSPS) is 29.1. The van der Waals surface area contributed by atoms with Crippen LogP contribution in [-0.2, 0) is 14.3 Å². The molecule has 4 N–H and O–H groups in total. The van der Waals surface area contributed by atoms with Crippen molar-refractivity contribution in [1.29, 1.82) is 0 Å². The van der Waals surface area contributed by atoms with E-state index in [4.69, 9.17) is 9.47 Å². The van der Waals surface area contributed by atoms with Crippen LogP contribution in [0, 0.1) is 0 Å². The van der Waals surface area contributed by atoms with Crippen LogP contribution in [-0.4, -0.2) is 88.8 Å². The molecule has 5 unspecified atom stereocenters. The predicted octanol–water partition coefficient (Wildman–Crippen LogP) is -1.37. The van der Waals surface area contributed by atoms with E-state index in [1.54, 1.807) is 24.3 Å². The van der Waals surface area contributed by atoms with E-state index in [1.807, 2.05) is 0 Å². The average molecular weight is 408 g/mol. The van der Waals surface area contributed by atoms with E-state index in [9.17, 15) is 29.7 Å². The number of methoxy groups -OCH3 is 1. The fraction of sp³-hybridized carbons (Fsp3) is 0.526. The highest BCUT2D eigenvalue weighted by molar-refractivity contribution is 6.21. The number of benzene rings is 1. The number of nitrogens with zero attached hydrogens (tertiary/aromatic N) is 1. The zero-order valence-electron chi connectivity index (χ0n) is 15.9. The van der Waals surface area contributed by atoms with Gasteiger partial charge in [0.15, 0.2) is 6.29 Å². The fourth-order valence-electron chi connectivity index (χ4n) is 3.54. The van der Waals surface area contributed by atoms with Crippen LogP contribution in [0.5, 0.6) is 0 Å². The number of imide groups is 1. The second-order valence-electron chi connectivity index (χ2n) is 6.95. The van der Waals surface area contributed by atoms with Gasteiger partial charge in [-0.3, -0.25) is 19.3 Å². The van der Waals surface area contributed by atoms with Crippen LogP contribution in [0.1, 0.15) is 33.6 Å². The van der Waals surface area contributed by atoms with Gasteiger partial charge in [0.2, 0.25) is 5.91 Å². The van der Waals surface area contributed by atoms with Gasteiger partial charge in [-0.1, -0.05) is 12.1 Å². The number of rotatable bonds is 7. The number of aliphatic hydroxyl groups excluding tert-OH is 3. The topological polar surface area (TPSA) is 146 Å². The maximum Gasteiger partial charge on any atom is 0.261 e. The molecule has 0 spiro atoms. The molecule has 2 aliphatic heterocycles. The van der Waals surface area contributed by atoms with Gasteiger partial charge < -0.3 is 30.1 Å². The smallest absolute Gasteiger partial charge is 0.261 e. The third-order valence-corrected chi connectivity index (χ3v) is 5.10. The summed E-state index contributed by atoms with van der Waals surface area (Å²) in [5, 5.41) is 31.9. The fourth-order valence-corrected chi connectivity index (χ4v) is 3.54. The number of carbonyl (C=O) groups excluding carboxylic acids is 3. The minimum Gasteiger partial charge on any atom is -0.394 e. The van der Waals surface area contributed by atoms with Gasteiger partial charge in [0, 0.05) is 20.1 Å². The largest absolute Gasteiger partial charge is 0.394 e. The minimum atomic E-state index is -1.40. The molecule has 1 aromatic carbocycles. The quantitative estimate of drug-likeness (QED) is 0.405. The lowest BCUT2D eigenvalue weighted by Crippen LogP contribution is -2.64. The van der Waals surface area contributed by atoms with Crippen molar-refractivity contribution in [3.8, 4) is 0 Å². The van der Waals surface area contributed by atoms with Crippen LogP contribution in [0.25, 0.3) is 0 Å². The van der Waals surface area contributed by atoms with Gasteiger partial charge in [-0.15, -0.1) is 0 Å². The summed E-state index contributed by atoms with van der Waals surface area (Å²) in [6, 6.07) is 5.50. The van der Waals surface area contributed by atoms with E-state index in [2.05, 4.69) is 5.32 Å². The van der Waals surface area contributed by atoms with Gasteiger partial charge in [0.25, 0.3) is 11.8 Å². The monoisotopic (exact) mass is 408 g/mol. The Bertz CT molecular complexity index is 748. The number of hydrogen-bond donors (Lipinski definition) is 4. The van der Waals surface area contributed by atoms with Crippen LogP contribution in [0.3, 0.4) is 0 Å². The van der Waals surface area contributed by atoms with Crippen LogP contribution in [0.2, 0.25) is 0 Å². The molecular weight excluding hydrogens is 384 g/mol. The Morgan fingerprint density at radius 1 is 1.17 bits per heavy atom. The number of fused-ring (bicyclic) bond motifs is 1. The standard InChI is InChI=1S/C19H24N2O8/c1-28-19-14(16(25)15(24)12(9-22)29-19)20-13(23)7-4-8-21-17(26)10-5-2-3-6-11(10)18(21)27/h2-3,5-6,12,14-16,19,22,24-25H,4,7-9H2,1H3,(H,20,23). The molecule has 0 aliphatic carbocycles. The van der Waals surface area contributed by atoms with Gasteiger partial charge in [-0.25, -0.2) is 0 Å². The Hall–Kier alpha value is -2.37. The van der Waals surface area contributed by atoms with E-state index in [-0.39, 0.29) is 31.2 Å². The SMILES string of the molecule is COC1OC(CO)C(O)C(O)C1NC(=O)CCCN1C(=O)c2ccccc2C1=O. The van der Waals surface area contributed by atoms with Gasteiger partial charge in [0.1, 0.15) is 24.4 Å². The van der Waals surface area contributed by atoms with Crippen LogP contribution >= 0.6 is 0 Å². The molecule has 1 saturated heterocycles. The minimum absolute atomic E-state index is 0.0212. The Morgan fingerprint density at radius 2 is 1.79 bits per heavy atom. The lowest BCUT2D eigenvalue weighted by Gasteiger charge is -2.41. The van der Waals surface area contributed by atoms with E-state index < -0.39 is 43.2 Å². The molecule has 0 saturated carbocycles. The van der Waals surface area contributed by atoms with Crippen molar-refractivity contribution in [3.63, 3.8) is 0 Å². The molecular formula is C19H24N2O8. The highest BCUT2D eigenvalue weighted by atomic mass is 16.7. The van der Waals surface area contributed by atoms with E-state index in [0.29, 0.717) is 11.1 Å². The Labute approximate surface area is 167 Å². The first-order valence-corrected chi connectivity index (χ1v) is 9.28. The number of ether oxygens (including phenoxy) is 2. The Morgan fingerprint density at radius 3 is 2.34 bits per heavy atom. The highest BCUT2D eigenvalue weighted by Crippen LogP contribution is 2.23. The molecule has 0 radical (unpaired) electrons. The summed E-state index contributed by atoms with van der Waals surface area (Å²) in [5.41, 5.74) is 0.694. The third kappa shape index (κ3) is 4.16. The maximum atomic E-state index is 12.3. The molecule has 2 aliphatic rings. The van der Waals surface area contributed by atoms with E-state index in [0.717, 1.165) is 4.90 Å². The lowest BCUT2D eigenvalue weighted by atomic mass is 9.97. The first-order chi connectivity index (χ1) is 13.9. The summed E-state index contributed by atoms with van der Waals surface area (Å²) < 4.78 is 10.4. The molecule has 158 valence electrons. The zero-order chi connectivity index (χ0) is 21.1. The van der Waals surface area contributed by atoms with Crippen LogP contribution in [0.4, 0.5) is 0 Å². The summed E-state index contributed by atoms with van der Waals surface area (Å²) in [4.78, 5) is 38.0. The van der Waals surface area contributed by atoms with Gasteiger partial charge in [-0.2, -0.15) is 0 Å². The summed E-state index contributed by atoms with van der Waals surface area (Å²) in [6.45, 7) is -0.439. The molecule has 1 fully saturated rings. The van der Waals surface area contributed by atoms with Crippen molar-refractivity contribution in [2.45, 2.75) is 43.5 Å². The van der Waals surface area contributed by atoms with Crippen molar-refractivity contribution in [2.75, 3.05) is 20.3 Å². The van der Waals surface area contributed by atoms with Crippen molar-refractivity contribution in [3.05, 3.63) is 35.4 Å². The molecule has 5 atom stereocenters. The third-order valence-electron chi connectivity index (χ3n) is 5.10. The van der Waals surface area contributed by atoms with Crippen molar-refractivity contribution in [1.82, 2.24) is 10.2 Å². The average Bonchev–Trinajstić information content (AvgIpc) is 2.97.